The van der Waals surface area contributed by atoms with Crippen molar-refractivity contribution in [3.63, 3.8) is 0 Å². The van der Waals surface area contributed by atoms with Gasteiger partial charge in [-0.2, -0.15) is 5.10 Å². The van der Waals surface area contributed by atoms with Crippen LogP contribution in [-0.4, -0.2) is 22.5 Å². The molecule has 1 atom stereocenters. The van der Waals surface area contributed by atoms with Gasteiger partial charge in [-0.05, 0) is 12.1 Å². The van der Waals surface area contributed by atoms with Crippen LogP contribution < -0.4 is 5.32 Å². The van der Waals surface area contributed by atoms with Gasteiger partial charge in [-0.1, -0.05) is 18.2 Å². The second-order valence-electron chi connectivity index (χ2n) is 3.85. The molecule has 1 aliphatic rings. The number of cyclic esters (lactones) is 1. The van der Waals surface area contributed by atoms with Gasteiger partial charge in [0.25, 0.3) is 0 Å². The van der Waals surface area contributed by atoms with Crippen LogP contribution in [-0.2, 0) is 4.74 Å². The topological polar surface area (TPSA) is 56.2 Å². The van der Waals surface area contributed by atoms with Crippen LogP contribution in [0, 0.1) is 0 Å². The molecule has 1 saturated heterocycles. The van der Waals surface area contributed by atoms with Crippen LogP contribution in [0.2, 0.25) is 0 Å². The number of aromatic nitrogens is 2. The first-order valence-electron chi connectivity index (χ1n) is 5.36. The molecule has 1 amide bonds. The van der Waals surface area contributed by atoms with E-state index in [0.717, 1.165) is 11.3 Å². The number of amides is 1. The third-order valence-electron chi connectivity index (χ3n) is 2.70. The normalized spacial score (nSPS) is 18.8. The first-order valence-corrected chi connectivity index (χ1v) is 5.36. The fourth-order valence-electron chi connectivity index (χ4n) is 1.80. The number of carbonyl (C=O) groups excluding carboxylic acids is 1. The number of hydrogen-bond acceptors (Lipinski definition) is 3. The molecule has 2 heterocycles. The fraction of sp³-hybridized carbons (Fsp3) is 0.167. The summed E-state index contributed by atoms with van der Waals surface area (Å²) in [5.74, 6) is 0. The molecule has 0 saturated carbocycles. The van der Waals surface area contributed by atoms with E-state index in [1.54, 1.807) is 10.9 Å². The number of ether oxygens (including phenoxy) is 1. The molecule has 1 N–H and O–H groups in total. The van der Waals surface area contributed by atoms with Crippen molar-refractivity contribution < 1.29 is 9.53 Å². The van der Waals surface area contributed by atoms with Crippen molar-refractivity contribution in [2.75, 3.05) is 6.61 Å². The van der Waals surface area contributed by atoms with Gasteiger partial charge in [0.2, 0.25) is 0 Å². The lowest BCUT2D eigenvalue weighted by Crippen LogP contribution is -2.17. The maximum Gasteiger partial charge on any atom is 0.407 e. The van der Waals surface area contributed by atoms with Crippen LogP contribution >= 0.6 is 0 Å². The van der Waals surface area contributed by atoms with Crippen molar-refractivity contribution in [1.29, 1.82) is 0 Å². The lowest BCUT2D eigenvalue weighted by Gasteiger charge is -2.02. The zero-order valence-corrected chi connectivity index (χ0v) is 9.04. The molecule has 1 aromatic carbocycles. The molecule has 5 nitrogen and oxygen atoms in total. The Kier molecular flexibility index (Phi) is 2.29. The van der Waals surface area contributed by atoms with Crippen molar-refractivity contribution in [1.82, 2.24) is 15.1 Å². The van der Waals surface area contributed by atoms with Crippen molar-refractivity contribution in [3.05, 3.63) is 48.3 Å². The second-order valence-corrected chi connectivity index (χ2v) is 3.85. The summed E-state index contributed by atoms with van der Waals surface area (Å²) in [6.07, 6.45) is 3.27. The number of carbonyl (C=O) groups is 1. The number of alkyl carbamates (subject to hydrolysis) is 1. The zero-order chi connectivity index (χ0) is 11.7. The molecule has 0 radical (unpaired) electrons. The van der Waals surface area contributed by atoms with Crippen LogP contribution in [0.1, 0.15) is 11.6 Å². The van der Waals surface area contributed by atoms with Crippen LogP contribution in [0.25, 0.3) is 5.69 Å². The average Bonchev–Trinajstić information content (AvgIpc) is 2.98. The predicted molar refractivity (Wildman–Crippen MR) is 60.8 cm³/mol. The lowest BCUT2D eigenvalue weighted by atomic mass is 10.2. The van der Waals surface area contributed by atoms with Crippen molar-refractivity contribution in [3.8, 4) is 5.69 Å². The van der Waals surface area contributed by atoms with E-state index in [-0.39, 0.29) is 12.1 Å². The second kappa shape index (κ2) is 3.93. The predicted octanol–water partition coefficient (Wildman–Crippen LogP) is 1.65. The quantitative estimate of drug-likeness (QED) is 0.851. The smallest absolute Gasteiger partial charge is 0.407 e. The van der Waals surface area contributed by atoms with Gasteiger partial charge in [0.05, 0.1) is 17.9 Å². The molecule has 3 rings (SSSR count). The van der Waals surface area contributed by atoms with Crippen molar-refractivity contribution in [2.24, 2.45) is 0 Å². The molecule has 1 unspecified atom stereocenters. The molecule has 2 aromatic rings. The number of hydrogen-bond donors (Lipinski definition) is 1. The molecular weight excluding hydrogens is 218 g/mol. The monoisotopic (exact) mass is 229 g/mol. The fourth-order valence-corrected chi connectivity index (χ4v) is 1.80. The van der Waals surface area contributed by atoms with Gasteiger partial charge in [0, 0.05) is 11.8 Å². The molecular formula is C12H11N3O2. The lowest BCUT2D eigenvalue weighted by molar-refractivity contribution is 0.177. The standard InChI is InChI=1S/C12H11N3O2/c16-12-14-11(8-17-12)9-6-13-15(7-9)10-4-2-1-3-5-10/h1-7,11H,8H2,(H,14,16). The molecule has 1 aromatic heterocycles. The Morgan fingerprint density at radius 1 is 1.35 bits per heavy atom. The molecule has 1 aliphatic heterocycles. The first kappa shape index (κ1) is 9.89. The number of benzene rings is 1. The number of rotatable bonds is 2. The average molecular weight is 229 g/mol. The number of nitrogens with zero attached hydrogens (tertiary/aromatic N) is 2. The van der Waals surface area contributed by atoms with Gasteiger partial charge in [-0.3, -0.25) is 0 Å². The highest BCUT2D eigenvalue weighted by Gasteiger charge is 2.24. The summed E-state index contributed by atoms with van der Waals surface area (Å²) in [6, 6.07) is 9.72. The van der Waals surface area contributed by atoms with E-state index >= 15 is 0 Å². The molecule has 5 heteroatoms. The largest absolute Gasteiger partial charge is 0.447 e. The summed E-state index contributed by atoms with van der Waals surface area (Å²) in [5.41, 5.74) is 1.93. The van der Waals surface area contributed by atoms with Gasteiger partial charge >= 0.3 is 6.09 Å². The Bertz CT molecular complexity index is 536. The van der Waals surface area contributed by atoms with E-state index in [1.807, 2.05) is 36.5 Å². The van der Waals surface area contributed by atoms with Crippen LogP contribution in [0.15, 0.2) is 42.7 Å². The summed E-state index contributed by atoms with van der Waals surface area (Å²) in [4.78, 5) is 10.9. The minimum Gasteiger partial charge on any atom is -0.447 e. The minimum absolute atomic E-state index is 0.0973. The zero-order valence-electron chi connectivity index (χ0n) is 9.04. The van der Waals surface area contributed by atoms with E-state index in [2.05, 4.69) is 10.4 Å². The van der Waals surface area contributed by atoms with Crippen LogP contribution in [0.5, 0.6) is 0 Å². The third-order valence-corrected chi connectivity index (χ3v) is 2.70. The van der Waals surface area contributed by atoms with Gasteiger partial charge in [0.15, 0.2) is 0 Å². The highest BCUT2D eigenvalue weighted by atomic mass is 16.6. The van der Waals surface area contributed by atoms with Gasteiger partial charge in [-0.25, -0.2) is 9.48 Å². The van der Waals surface area contributed by atoms with Crippen LogP contribution in [0.3, 0.4) is 0 Å². The summed E-state index contributed by atoms with van der Waals surface area (Å²) >= 11 is 0. The van der Waals surface area contributed by atoms with E-state index in [4.69, 9.17) is 4.74 Å². The molecule has 0 bridgehead atoms. The first-order chi connectivity index (χ1) is 8.33. The van der Waals surface area contributed by atoms with E-state index < -0.39 is 0 Å². The van der Waals surface area contributed by atoms with Gasteiger partial charge in [0.1, 0.15) is 6.61 Å². The third kappa shape index (κ3) is 1.87. The Labute approximate surface area is 98.0 Å². The number of para-hydroxylation sites is 1. The summed E-state index contributed by atoms with van der Waals surface area (Å²) in [5, 5.41) is 6.99. The van der Waals surface area contributed by atoms with E-state index in [0.29, 0.717) is 6.61 Å². The Balaban J connectivity index is 1.86. The van der Waals surface area contributed by atoms with Gasteiger partial charge < -0.3 is 10.1 Å². The highest BCUT2D eigenvalue weighted by molar-refractivity contribution is 5.70. The summed E-state index contributed by atoms with van der Waals surface area (Å²) < 4.78 is 6.63. The maximum atomic E-state index is 10.9. The number of nitrogens with one attached hydrogen (secondary N) is 1. The highest BCUT2D eigenvalue weighted by Crippen LogP contribution is 2.18. The minimum atomic E-state index is -0.373. The molecule has 0 spiro atoms. The van der Waals surface area contributed by atoms with E-state index in [1.165, 1.54) is 0 Å². The van der Waals surface area contributed by atoms with Gasteiger partial charge in [-0.15, -0.1) is 0 Å². The van der Waals surface area contributed by atoms with Crippen LogP contribution in [0.4, 0.5) is 4.79 Å². The Morgan fingerprint density at radius 2 is 2.18 bits per heavy atom. The van der Waals surface area contributed by atoms with Crippen molar-refractivity contribution >= 4 is 6.09 Å². The SMILES string of the molecule is O=C1NC(c2cnn(-c3ccccc3)c2)CO1. The summed E-state index contributed by atoms with van der Waals surface area (Å²) in [7, 11) is 0. The van der Waals surface area contributed by atoms with E-state index in [9.17, 15) is 4.79 Å². The summed E-state index contributed by atoms with van der Waals surface area (Å²) in [6.45, 7) is 0.360. The van der Waals surface area contributed by atoms with Crippen molar-refractivity contribution in [2.45, 2.75) is 6.04 Å². The molecule has 0 aliphatic carbocycles. The molecule has 1 fully saturated rings. The molecule has 86 valence electrons. The maximum absolute atomic E-state index is 10.9. The molecule has 17 heavy (non-hydrogen) atoms. The Morgan fingerprint density at radius 3 is 2.88 bits per heavy atom. The Hall–Kier alpha value is -2.30.